The number of carbonyl (C=O) groups is 1. The molecule has 2 bridgehead atoms. The summed E-state index contributed by atoms with van der Waals surface area (Å²) in [7, 11) is -0.851. The molecule has 0 radical (unpaired) electrons. The van der Waals surface area contributed by atoms with Crippen molar-refractivity contribution >= 4 is 16.0 Å². The number of ether oxygens (including phenoxy) is 2. The summed E-state index contributed by atoms with van der Waals surface area (Å²) < 4.78 is 43.9. The van der Waals surface area contributed by atoms with Crippen LogP contribution in [-0.2, 0) is 20.5 Å². The molecule has 3 heterocycles. The molecule has 2 saturated heterocycles. The third kappa shape index (κ3) is 3.55. The summed E-state index contributed by atoms with van der Waals surface area (Å²) in [5.41, 5.74) is 1.89. The number of piperidine rings is 1. The van der Waals surface area contributed by atoms with E-state index in [-0.39, 0.29) is 29.1 Å². The predicted molar refractivity (Wildman–Crippen MR) is 107 cm³/mol. The fraction of sp³-hybridized carbons (Fsp3) is 0.476. The number of carbonyl (C=O) groups excluding carboxylic acids is 1. The van der Waals surface area contributed by atoms with Gasteiger partial charge in [-0.1, -0.05) is 18.6 Å². The molecule has 1 aromatic carbocycles. The quantitative estimate of drug-likeness (QED) is 0.665. The Bertz CT molecular complexity index is 982. The summed E-state index contributed by atoms with van der Waals surface area (Å²) in [6, 6.07) is 5.33. The van der Waals surface area contributed by atoms with Crippen molar-refractivity contribution in [3.8, 4) is 16.9 Å². The molecule has 4 rings (SSSR count). The molecule has 2 aliphatic heterocycles. The highest BCUT2D eigenvalue weighted by Crippen LogP contribution is 2.40. The zero-order valence-electron chi connectivity index (χ0n) is 16.6. The van der Waals surface area contributed by atoms with E-state index < -0.39 is 16.0 Å². The number of furan rings is 1. The molecule has 0 aliphatic carbocycles. The number of benzene rings is 1. The second-order valence-corrected chi connectivity index (χ2v) is 9.46. The SMILES string of the molecule is COC(=O)c1c(CS(=O)(=O)N2C3CCCC2CC3)ccc(-c2ccoc2)c1OC. The van der Waals surface area contributed by atoms with Crippen molar-refractivity contribution in [1.82, 2.24) is 4.31 Å². The van der Waals surface area contributed by atoms with Crippen LogP contribution in [0.4, 0.5) is 0 Å². The minimum Gasteiger partial charge on any atom is -0.495 e. The fourth-order valence-electron chi connectivity index (χ4n) is 4.72. The van der Waals surface area contributed by atoms with Gasteiger partial charge in [-0.05, 0) is 37.3 Å². The zero-order valence-corrected chi connectivity index (χ0v) is 17.4. The summed E-state index contributed by atoms with van der Waals surface area (Å²) >= 11 is 0. The van der Waals surface area contributed by atoms with Crippen LogP contribution >= 0.6 is 0 Å². The van der Waals surface area contributed by atoms with E-state index in [1.165, 1.54) is 20.5 Å². The Hall–Kier alpha value is -2.32. The monoisotopic (exact) mass is 419 g/mol. The highest BCUT2D eigenvalue weighted by Gasteiger charge is 2.44. The van der Waals surface area contributed by atoms with Gasteiger partial charge in [-0.2, -0.15) is 4.31 Å². The minimum absolute atomic E-state index is 0.0763. The fourth-order valence-corrected chi connectivity index (χ4v) is 6.83. The van der Waals surface area contributed by atoms with Crippen molar-refractivity contribution in [2.24, 2.45) is 0 Å². The Kier molecular flexibility index (Phi) is 5.40. The highest BCUT2D eigenvalue weighted by atomic mass is 32.2. The molecule has 8 heteroatoms. The molecule has 1 aromatic heterocycles. The molecule has 156 valence electrons. The largest absolute Gasteiger partial charge is 0.495 e. The van der Waals surface area contributed by atoms with Crippen LogP contribution in [0.15, 0.2) is 35.1 Å². The third-order valence-corrected chi connectivity index (χ3v) is 7.87. The van der Waals surface area contributed by atoms with Crippen molar-refractivity contribution in [2.45, 2.75) is 49.9 Å². The first kappa shape index (κ1) is 20.0. The molecule has 0 N–H and O–H groups in total. The average Bonchev–Trinajstić information content (AvgIpc) is 3.33. The lowest BCUT2D eigenvalue weighted by Crippen LogP contribution is -2.44. The predicted octanol–water partition coefficient (Wildman–Crippen LogP) is 3.59. The number of sulfonamides is 1. The Morgan fingerprint density at radius 1 is 1.14 bits per heavy atom. The maximum atomic E-state index is 13.3. The summed E-state index contributed by atoms with van der Waals surface area (Å²) in [4.78, 5) is 12.6. The number of esters is 1. The van der Waals surface area contributed by atoms with E-state index in [1.54, 1.807) is 28.8 Å². The normalized spacial score (nSPS) is 21.9. The van der Waals surface area contributed by atoms with Crippen LogP contribution in [0.1, 0.15) is 48.0 Å². The van der Waals surface area contributed by atoms with Gasteiger partial charge in [0.1, 0.15) is 11.3 Å². The molecule has 2 atom stereocenters. The van der Waals surface area contributed by atoms with Crippen LogP contribution in [0.25, 0.3) is 11.1 Å². The van der Waals surface area contributed by atoms with Gasteiger partial charge in [0.25, 0.3) is 0 Å². The minimum atomic E-state index is -3.58. The number of nitrogens with zero attached hydrogens (tertiary/aromatic N) is 1. The second-order valence-electron chi connectivity index (χ2n) is 7.59. The first-order valence-electron chi connectivity index (χ1n) is 9.78. The lowest BCUT2D eigenvalue weighted by Gasteiger charge is -2.33. The Morgan fingerprint density at radius 2 is 1.86 bits per heavy atom. The topological polar surface area (TPSA) is 86.1 Å². The summed E-state index contributed by atoms with van der Waals surface area (Å²) in [5, 5.41) is 0. The Labute approximate surface area is 170 Å². The molecule has 0 saturated carbocycles. The lowest BCUT2D eigenvalue weighted by molar-refractivity contribution is 0.0596. The standard InChI is InChI=1S/C21H25NO6S/c1-26-20-18(14-10-11-28-12-14)9-6-15(19(20)21(23)27-2)13-29(24,25)22-16-4-3-5-17(22)8-7-16/h6,9-12,16-17H,3-5,7-8,13H2,1-2H3. The number of methoxy groups -OCH3 is 2. The van der Waals surface area contributed by atoms with E-state index in [2.05, 4.69) is 0 Å². The maximum absolute atomic E-state index is 13.3. The van der Waals surface area contributed by atoms with E-state index in [1.807, 2.05) is 0 Å². The van der Waals surface area contributed by atoms with Gasteiger partial charge in [-0.15, -0.1) is 0 Å². The summed E-state index contributed by atoms with van der Waals surface area (Å²) in [6.07, 6.45) is 7.78. The average molecular weight is 419 g/mol. The van der Waals surface area contributed by atoms with Gasteiger partial charge in [0.2, 0.25) is 10.0 Å². The van der Waals surface area contributed by atoms with E-state index in [0.29, 0.717) is 11.1 Å². The van der Waals surface area contributed by atoms with Crippen molar-refractivity contribution in [3.63, 3.8) is 0 Å². The van der Waals surface area contributed by atoms with Crippen LogP contribution in [0.5, 0.6) is 5.75 Å². The second kappa shape index (κ2) is 7.84. The Balaban J connectivity index is 1.76. The van der Waals surface area contributed by atoms with Crippen molar-refractivity contribution in [1.29, 1.82) is 0 Å². The number of rotatable bonds is 6. The molecule has 2 aromatic rings. The van der Waals surface area contributed by atoms with Gasteiger partial charge in [0.15, 0.2) is 0 Å². The van der Waals surface area contributed by atoms with Gasteiger partial charge in [0, 0.05) is 23.2 Å². The molecule has 0 spiro atoms. The van der Waals surface area contributed by atoms with Gasteiger partial charge < -0.3 is 13.9 Å². The van der Waals surface area contributed by atoms with Crippen LogP contribution in [-0.4, -0.2) is 45.0 Å². The van der Waals surface area contributed by atoms with Crippen molar-refractivity contribution in [3.05, 3.63) is 41.9 Å². The van der Waals surface area contributed by atoms with E-state index in [9.17, 15) is 13.2 Å². The number of hydrogen-bond acceptors (Lipinski definition) is 6. The first-order valence-corrected chi connectivity index (χ1v) is 11.4. The van der Waals surface area contributed by atoms with Crippen LogP contribution in [0.3, 0.4) is 0 Å². The summed E-state index contributed by atoms with van der Waals surface area (Å²) in [6.45, 7) is 0. The van der Waals surface area contributed by atoms with Gasteiger partial charge >= 0.3 is 5.97 Å². The van der Waals surface area contributed by atoms with Crippen LogP contribution in [0, 0.1) is 0 Å². The lowest BCUT2D eigenvalue weighted by atomic mass is 9.99. The highest BCUT2D eigenvalue weighted by molar-refractivity contribution is 7.88. The maximum Gasteiger partial charge on any atom is 0.341 e. The molecule has 2 aliphatic rings. The smallest absolute Gasteiger partial charge is 0.341 e. The van der Waals surface area contributed by atoms with Crippen LogP contribution < -0.4 is 4.74 Å². The molecule has 0 amide bonds. The van der Waals surface area contributed by atoms with Gasteiger partial charge in [0.05, 0.1) is 32.5 Å². The van der Waals surface area contributed by atoms with Gasteiger partial charge in [-0.3, -0.25) is 0 Å². The van der Waals surface area contributed by atoms with Crippen molar-refractivity contribution in [2.75, 3.05) is 14.2 Å². The first-order chi connectivity index (χ1) is 14.0. The van der Waals surface area contributed by atoms with E-state index >= 15 is 0 Å². The molecule has 29 heavy (non-hydrogen) atoms. The molecule has 2 fully saturated rings. The molecular weight excluding hydrogens is 394 g/mol. The molecule has 7 nitrogen and oxygen atoms in total. The third-order valence-electron chi connectivity index (χ3n) is 5.96. The van der Waals surface area contributed by atoms with Gasteiger partial charge in [-0.25, -0.2) is 13.2 Å². The van der Waals surface area contributed by atoms with E-state index in [0.717, 1.165) is 37.7 Å². The number of hydrogen-bond donors (Lipinski definition) is 0. The molecule has 2 unspecified atom stereocenters. The van der Waals surface area contributed by atoms with E-state index in [4.69, 9.17) is 13.9 Å². The van der Waals surface area contributed by atoms with Crippen LogP contribution in [0.2, 0.25) is 0 Å². The van der Waals surface area contributed by atoms with Crippen molar-refractivity contribution < 1.29 is 27.1 Å². The zero-order chi connectivity index (χ0) is 20.6. The number of fused-ring (bicyclic) bond motifs is 2. The Morgan fingerprint density at radius 3 is 2.45 bits per heavy atom. The summed E-state index contributed by atoms with van der Waals surface area (Å²) in [5.74, 6) is -0.599. The molecular formula is C21H25NO6S.